The molecule has 0 unspecified atom stereocenters. The summed E-state index contributed by atoms with van der Waals surface area (Å²) in [6.45, 7) is 1.68. The van der Waals surface area contributed by atoms with E-state index < -0.39 is 5.82 Å². The molecule has 1 N–H and O–H groups in total. The van der Waals surface area contributed by atoms with Crippen LogP contribution in [-0.2, 0) is 6.54 Å². The van der Waals surface area contributed by atoms with Gasteiger partial charge in [0.25, 0.3) is 0 Å². The largest absolute Gasteiger partial charge is 0.311 e. The van der Waals surface area contributed by atoms with Crippen molar-refractivity contribution in [2.45, 2.75) is 19.4 Å². The van der Waals surface area contributed by atoms with Gasteiger partial charge in [-0.2, -0.15) is 0 Å². The van der Waals surface area contributed by atoms with Gasteiger partial charge in [0.15, 0.2) is 5.82 Å². The van der Waals surface area contributed by atoms with Gasteiger partial charge in [-0.25, -0.2) is 9.07 Å². The summed E-state index contributed by atoms with van der Waals surface area (Å²) >= 11 is 11.5. The molecule has 3 rings (SSSR count). The summed E-state index contributed by atoms with van der Waals surface area (Å²) in [5.41, 5.74) is 1.41. The number of nitrogens with zero attached hydrogens (tertiary/aromatic N) is 3. The van der Waals surface area contributed by atoms with Gasteiger partial charge in [0.05, 0.1) is 27.6 Å². The number of hydrogen-bond acceptors (Lipinski definition) is 3. The average molecular weight is 315 g/mol. The van der Waals surface area contributed by atoms with Gasteiger partial charge in [0.2, 0.25) is 0 Å². The van der Waals surface area contributed by atoms with Gasteiger partial charge in [-0.15, -0.1) is 5.10 Å². The molecule has 1 aliphatic rings. The average Bonchev–Trinajstić information content (AvgIpc) is 3.12. The molecule has 1 saturated carbocycles. The molecule has 4 nitrogen and oxygen atoms in total. The molecule has 1 aromatic heterocycles. The van der Waals surface area contributed by atoms with Gasteiger partial charge in [0, 0.05) is 6.54 Å². The molecular weight excluding hydrogens is 302 g/mol. The predicted molar refractivity (Wildman–Crippen MR) is 75.8 cm³/mol. The summed E-state index contributed by atoms with van der Waals surface area (Å²) in [5, 5.41) is 11.3. The maximum atomic E-state index is 13.4. The fourth-order valence-corrected chi connectivity index (χ4v) is 2.38. The van der Waals surface area contributed by atoms with Crippen molar-refractivity contribution in [3.63, 3.8) is 0 Å². The molecule has 20 heavy (non-hydrogen) atoms. The summed E-state index contributed by atoms with van der Waals surface area (Å²) in [6, 6.07) is 2.94. The van der Waals surface area contributed by atoms with Gasteiger partial charge in [-0.3, -0.25) is 0 Å². The van der Waals surface area contributed by atoms with Crippen LogP contribution in [0.3, 0.4) is 0 Å². The maximum absolute atomic E-state index is 13.4. The molecule has 1 aromatic carbocycles. The molecule has 0 saturated heterocycles. The standard InChI is InChI=1S/C13H13Cl2FN4/c14-11-3-10(4-12(15)13(11)16)20-7-9(18-19-20)6-17-5-8-1-2-8/h3-4,7-8,17H,1-2,5-6H2. The summed E-state index contributed by atoms with van der Waals surface area (Å²) in [5.74, 6) is 0.197. The zero-order valence-electron chi connectivity index (χ0n) is 10.6. The first-order valence-corrected chi connectivity index (χ1v) is 7.16. The third kappa shape index (κ3) is 3.11. The van der Waals surface area contributed by atoms with Gasteiger partial charge < -0.3 is 5.32 Å². The topological polar surface area (TPSA) is 42.7 Å². The summed E-state index contributed by atoms with van der Waals surface area (Å²) in [4.78, 5) is 0. The van der Waals surface area contributed by atoms with Crippen LogP contribution < -0.4 is 5.32 Å². The molecule has 0 amide bonds. The normalized spacial score (nSPS) is 14.8. The first kappa shape index (κ1) is 13.8. The highest BCUT2D eigenvalue weighted by atomic mass is 35.5. The quantitative estimate of drug-likeness (QED) is 0.862. The summed E-state index contributed by atoms with van der Waals surface area (Å²) in [6.07, 6.45) is 4.40. The van der Waals surface area contributed by atoms with E-state index in [9.17, 15) is 4.39 Å². The first-order chi connectivity index (χ1) is 9.63. The lowest BCUT2D eigenvalue weighted by Gasteiger charge is -2.03. The van der Waals surface area contributed by atoms with Crippen LogP contribution in [0.25, 0.3) is 5.69 Å². The SMILES string of the molecule is Fc1c(Cl)cc(-n2cc(CNCC3CC3)nn2)cc1Cl. The van der Waals surface area contributed by atoms with Gasteiger partial charge in [-0.1, -0.05) is 28.4 Å². The Balaban J connectivity index is 1.71. The van der Waals surface area contributed by atoms with Crippen LogP contribution in [0.5, 0.6) is 0 Å². The predicted octanol–water partition coefficient (Wildman–Crippen LogP) is 3.21. The lowest BCUT2D eigenvalue weighted by Crippen LogP contribution is -2.16. The minimum atomic E-state index is -0.622. The molecule has 2 aromatic rings. The second-order valence-corrected chi connectivity index (χ2v) is 5.77. The summed E-state index contributed by atoms with van der Waals surface area (Å²) in [7, 11) is 0. The van der Waals surface area contributed by atoms with Crippen molar-refractivity contribution in [3.8, 4) is 5.69 Å². The van der Waals surface area contributed by atoms with E-state index in [-0.39, 0.29) is 10.0 Å². The molecule has 1 heterocycles. The number of halogens is 3. The van der Waals surface area contributed by atoms with Crippen molar-refractivity contribution < 1.29 is 4.39 Å². The van der Waals surface area contributed by atoms with Crippen LogP contribution >= 0.6 is 23.2 Å². The summed E-state index contributed by atoms with van der Waals surface area (Å²) < 4.78 is 14.9. The highest BCUT2D eigenvalue weighted by Gasteiger charge is 2.20. The van der Waals surface area contributed by atoms with E-state index in [0.717, 1.165) is 18.2 Å². The van der Waals surface area contributed by atoms with Crippen molar-refractivity contribution in [2.24, 2.45) is 5.92 Å². The van der Waals surface area contributed by atoms with Crippen molar-refractivity contribution in [1.82, 2.24) is 20.3 Å². The van der Waals surface area contributed by atoms with Crippen LogP contribution in [0.2, 0.25) is 10.0 Å². The second kappa shape index (κ2) is 5.68. The Morgan fingerprint density at radius 2 is 2.00 bits per heavy atom. The van der Waals surface area contributed by atoms with Crippen molar-refractivity contribution in [3.05, 3.63) is 39.9 Å². The van der Waals surface area contributed by atoms with Crippen molar-refractivity contribution >= 4 is 23.2 Å². The lowest BCUT2D eigenvalue weighted by molar-refractivity contribution is 0.627. The molecule has 7 heteroatoms. The molecule has 0 atom stereocenters. The maximum Gasteiger partial charge on any atom is 0.160 e. The van der Waals surface area contributed by atoms with Gasteiger partial charge in [-0.05, 0) is 37.4 Å². The fourth-order valence-electron chi connectivity index (χ4n) is 1.91. The van der Waals surface area contributed by atoms with E-state index in [0.29, 0.717) is 12.2 Å². The highest BCUT2D eigenvalue weighted by molar-refractivity contribution is 6.35. The lowest BCUT2D eigenvalue weighted by atomic mass is 10.3. The molecule has 1 aliphatic carbocycles. The number of rotatable bonds is 5. The molecule has 0 radical (unpaired) electrons. The Hall–Kier alpha value is -1.17. The third-order valence-corrected chi connectivity index (χ3v) is 3.76. The zero-order valence-corrected chi connectivity index (χ0v) is 12.1. The number of nitrogens with one attached hydrogen (secondary N) is 1. The monoisotopic (exact) mass is 314 g/mol. The molecule has 0 aliphatic heterocycles. The minimum absolute atomic E-state index is 0.0311. The zero-order chi connectivity index (χ0) is 14.1. The van der Waals surface area contributed by atoms with E-state index >= 15 is 0 Å². The second-order valence-electron chi connectivity index (χ2n) is 4.95. The number of aromatic nitrogens is 3. The Morgan fingerprint density at radius 3 is 2.65 bits per heavy atom. The van der Waals surface area contributed by atoms with Crippen LogP contribution in [0, 0.1) is 11.7 Å². The first-order valence-electron chi connectivity index (χ1n) is 6.40. The van der Waals surface area contributed by atoms with E-state index in [2.05, 4.69) is 15.6 Å². The third-order valence-electron chi connectivity index (χ3n) is 3.21. The smallest absolute Gasteiger partial charge is 0.160 e. The molecule has 1 fully saturated rings. The fraction of sp³-hybridized carbons (Fsp3) is 0.385. The van der Waals surface area contributed by atoms with Crippen molar-refractivity contribution in [2.75, 3.05) is 6.54 Å². The Kier molecular flexibility index (Phi) is 3.92. The highest BCUT2D eigenvalue weighted by Crippen LogP contribution is 2.28. The molecular formula is C13H13Cl2FN4. The van der Waals surface area contributed by atoms with Gasteiger partial charge >= 0.3 is 0 Å². The van der Waals surface area contributed by atoms with Crippen LogP contribution in [0.4, 0.5) is 4.39 Å². The minimum Gasteiger partial charge on any atom is -0.311 e. The molecule has 0 spiro atoms. The van der Waals surface area contributed by atoms with E-state index in [1.165, 1.54) is 29.7 Å². The molecule has 0 bridgehead atoms. The molecule has 106 valence electrons. The Labute approximate surface area is 125 Å². The van der Waals surface area contributed by atoms with E-state index in [1.807, 2.05) is 0 Å². The number of hydrogen-bond donors (Lipinski definition) is 1. The Bertz CT molecular complexity index is 602. The van der Waals surface area contributed by atoms with Crippen LogP contribution in [0.15, 0.2) is 18.3 Å². The van der Waals surface area contributed by atoms with E-state index in [1.54, 1.807) is 6.20 Å². The van der Waals surface area contributed by atoms with Crippen LogP contribution in [-0.4, -0.2) is 21.5 Å². The van der Waals surface area contributed by atoms with Crippen molar-refractivity contribution in [1.29, 1.82) is 0 Å². The van der Waals surface area contributed by atoms with Crippen LogP contribution in [0.1, 0.15) is 18.5 Å². The van der Waals surface area contributed by atoms with Gasteiger partial charge in [0.1, 0.15) is 0 Å². The number of benzene rings is 1. The van der Waals surface area contributed by atoms with E-state index in [4.69, 9.17) is 23.2 Å². The Morgan fingerprint density at radius 1 is 1.30 bits per heavy atom.